The second kappa shape index (κ2) is 9.64. The van der Waals surface area contributed by atoms with Gasteiger partial charge in [0, 0.05) is 10.4 Å². The van der Waals surface area contributed by atoms with Gasteiger partial charge in [-0.2, -0.15) is 0 Å². The molecule has 1 aromatic heterocycles. The summed E-state index contributed by atoms with van der Waals surface area (Å²) in [6.45, 7) is 1.87. The van der Waals surface area contributed by atoms with Gasteiger partial charge in [0.05, 0.1) is 21.9 Å². The van der Waals surface area contributed by atoms with Crippen molar-refractivity contribution in [2.45, 2.75) is 18.2 Å². The summed E-state index contributed by atoms with van der Waals surface area (Å²) in [6, 6.07) is 20.1. The third-order valence-electron chi connectivity index (χ3n) is 5.07. The van der Waals surface area contributed by atoms with Crippen LogP contribution in [-0.2, 0) is 21.2 Å². The van der Waals surface area contributed by atoms with Gasteiger partial charge >= 0.3 is 0 Å². The van der Waals surface area contributed by atoms with E-state index in [2.05, 4.69) is 10.0 Å². The molecule has 0 fully saturated rings. The minimum atomic E-state index is -3.81. The minimum Gasteiger partial charge on any atom is -0.326 e. The van der Waals surface area contributed by atoms with Crippen molar-refractivity contribution in [3.8, 4) is 0 Å². The number of amides is 2. The summed E-state index contributed by atoms with van der Waals surface area (Å²) >= 11 is 1.18. The number of hydroxylamine groups is 1. The van der Waals surface area contributed by atoms with Crippen molar-refractivity contribution in [1.82, 2.24) is 5.48 Å². The Bertz CT molecular complexity index is 1480. The number of aryl methyl sites for hydroxylation is 1. The molecule has 0 atom stereocenters. The van der Waals surface area contributed by atoms with Crippen LogP contribution in [0.1, 0.15) is 20.8 Å². The van der Waals surface area contributed by atoms with E-state index in [0.717, 1.165) is 15.6 Å². The maximum Gasteiger partial charge on any atom is 0.284 e. The van der Waals surface area contributed by atoms with Crippen molar-refractivity contribution < 1.29 is 23.2 Å². The van der Waals surface area contributed by atoms with E-state index in [9.17, 15) is 18.0 Å². The molecule has 34 heavy (non-hydrogen) atoms. The average Bonchev–Trinajstić information content (AvgIpc) is 3.23. The number of fused-ring (bicyclic) bond motifs is 1. The van der Waals surface area contributed by atoms with Crippen LogP contribution in [0.25, 0.3) is 10.1 Å². The Morgan fingerprint density at radius 3 is 2.44 bits per heavy atom. The molecule has 0 aliphatic rings. The van der Waals surface area contributed by atoms with E-state index in [1.165, 1.54) is 23.5 Å². The summed E-state index contributed by atoms with van der Waals surface area (Å²) in [7, 11) is -3.81. The number of sulfonamides is 1. The number of hydrogen-bond donors (Lipinski definition) is 4. The van der Waals surface area contributed by atoms with Gasteiger partial charge in [-0.15, -0.1) is 11.3 Å². The highest BCUT2D eigenvalue weighted by molar-refractivity contribution is 7.92. The zero-order valence-corrected chi connectivity index (χ0v) is 19.7. The molecular formula is C24H21N3O5S2. The van der Waals surface area contributed by atoms with E-state index >= 15 is 0 Å². The lowest BCUT2D eigenvalue weighted by Crippen LogP contribution is -2.18. The van der Waals surface area contributed by atoms with Gasteiger partial charge in [-0.05, 0) is 54.3 Å². The second-order valence-corrected chi connectivity index (χ2v) is 10.4. The number of nitrogens with one attached hydrogen (secondary N) is 3. The van der Waals surface area contributed by atoms with E-state index in [-0.39, 0.29) is 17.2 Å². The summed E-state index contributed by atoms with van der Waals surface area (Å²) < 4.78 is 28.9. The van der Waals surface area contributed by atoms with Gasteiger partial charge < -0.3 is 5.32 Å². The van der Waals surface area contributed by atoms with Crippen molar-refractivity contribution in [3.63, 3.8) is 0 Å². The van der Waals surface area contributed by atoms with Gasteiger partial charge in [0.2, 0.25) is 5.91 Å². The largest absolute Gasteiger partial charge is 0.326 e. The zero-order valence-electron chi connectivity index (χ0n) is 18.0. The molecule has 0 radical (unpaired) electrons. The monoisotopic (exact) mass is 495 g/mol. The molecule has 4 N–H and O–H groups in total. The molecule has 0 spiro atoms. The zero-order chi connectivity index (χ0) is 24.3. The molecule has 2 amide bonds. The van der Waals surface area contributed by atoms with E-state index in [1.807, 2.05) is 6.92 Å². The molecule has 0 unspecified atom stereocenters. The predicted octanol–water partition coefficient (Wildman–Crippen LogP) is 4.31. The van der Waals surface area contributed by atoms with E-state index < -0.39 is 15.9 Å². The standard InChI is InChI=1S/C24H21N3O5S2/c1-15-6-10-19(11-7-15)34(31,32)27-20-5-3-2-4-16(20)13-23(28)25-18-9-8-17-12-22(24(29)26-30)33-21(17)14-18/h2-12,14,27,30H,13H2,1H3,(H,25,28)(H,26,29). The van der Waals surface area contributed by atoms with Crippen LogP contribution in [0.5, 0.6) is 0 Å². The molecule has 1 heterocycles. The smallest absolute Gasteiger partial charge is 0.284 e. The van der Waals surface area contributed by atoms with E-state index in [4.69, 9.17) is 5.21 Å². The highest BCUT2D eigenvalue weighted by Crippen LogP contribution is 2.28. The Balaban J connectivity index is 1.49. The molecule has 174 valence electrons. The van der Waals surface area contributed by atoms with Crippen molar-refractivity contribution >= 4 is 54.6 Å². The fourth-order valence-corrected chi connectivity index (χ4v) is 5.44. The third kappa shape index (κ3) is 5.25. The summed E-state index contributed by atoms with van der Waals surface area (Å²) in [4.78, 5) is 24.8. The van der Waals surface area contributed by atoms with Crippen LogP contribution < -0.4 is 15.5 Å². The molecular weight excluding hydrogens is 474 g/mol. The normalized spacial score (nSPS) is 11.2. The number of anilines is 2. The number of para-hydroxylation sites is 1. The van der Waals surface area contributed by atoms with Gasteiger partial charge in [0.1, 0.15) is 0 Å². The number of carbonyl (C=O) groups excluding carboxylic acids is 2. The first-order chi connectivity index (χ1) is 16.2. The van der Waals surface area contributed by atoms with Crippen LogP contribution in [0, 0.1) is 6.92 Å². The van der Waals surface area contributed by atoms with E-state index in [0.29, 0.717) is 21.8 Å². The van der Waals surface area contributed by atoms with Gasteiger partial charge in [-0.25, -0.2) is 13.9 Å². The maximum atomic E-state index is 12.8. The van der Waals surface area contributed by atoms with Crippen molar-refractivity contribution in [2.24, 2.45) is 0 Å². The molecule has 10 heteroatoms. The van der Waals surface area contributed by atoms with Crippen LogP contribution in [0.2, 0.25) is 0 Å². The van der Waals surface area contributed by atoms with Gasteiger partial charge in [0.15, 0.2) is 0 Å². The summed E-state index contributed by atoms with van der Waals surface area (Å²) in [5.74, 6) is -0.928. The molecule has 0 aliphatic carbocycles. The first-order valence-corrected chi connectivity index (χ1v) is 12.5. The van der Waals surface area contributed by atoms with Gasteiger partial charge in [0.25, 0.3) is 15.9 Å². The summed E-state index contributed by atoms with van der Waals surface area (Å²) in [6.07, 6.45) is -0.0484. The maximum absolute atomic E-state index is 12.8. The highest BCUT2D eigenvalue weighted by atomic mass is 32.2. The third-order valence-corrected chi connectivity index (χ3v) is 7.55. The van der Waals surface area contributed by atoms with Crippen molar-refractivity contribution in [2.75, 3.05) is 10.0 Å². The molecule has 4 rings (SSSR count). The molecule has 0 saturated carbocycles. The lowest BCUT2D eigenvalue weighted by atomic mass is 10.1. The van der Waals surface area contributed by atoms with Crippen LogP contribution in [0.15, 0.2) is 77.7 Å². The molecule has 4 aromatic rings. The van der Waals surface area contributed by atoms with E-state index in [1.54, 1.807) is 66.1 Å². The Labute approximate surface area is 200 Å². The van der Waals surface area contributed by atoms with Crippen molar-refractivity contribution in [3.05, 3.63) is 88.8 Å². The van der Waals surface area contributed by atoms with Crippen LogP contribution in [0.4, 0.5) is 11.4 Å². The molecule has 0 bridgehead atoms. The van der Waals surface area contributed by atoms with Gasteiger partial charge in [-0.3, -0.25) is 19.5 Å². The number of benzene rings is 3. The van der Waals surface area contributed by atoms with Crippen LogP contribution in [-0.4, -0.2) is 25.4 Å². The SMILES string of the molecule is Cc1ccc(S(=O)(=O)Nc2ccccc2CC(=O)Nc2ccc3cc(C(=O)NO)sc3c2)cc1. The van der Waals surface area contributed by atoms with Crippen molar-refractivity contribution in [1.29, 1.82) is 0 Å². The predicted molar refractivity (Wildman–Crippen MR) is 132 cm³/mol. The first-order valence-electron chi connectivity index (χ1n) is 10.2. The second-order valence-electron chi connectivity index (χ2n) is 7.60. The Hall–Kier alpha value is -3.73. The Morgan fingerprint density at radius 2 is 1.71 bits per heavy atom. The highest BCUT2D eigenvalue weighted by Gasteiger charge is 2.17. The minimum absolute atomic E-state index is 0.0484. The number of rotatable bonds is 7. The summed E-state index contributed by atoms with van der Waals surface area (Å²) in [5.41, 5.74) is 3.94. The number of thiophene rings is 1. The number of hydrogen-bond acceptors (Lipinski definition) is 6. The Morgan fingerprint density at radius 1 is 0.971 bits per heavy atom. The fourth-order valence-electron chi connectivity index (χ4n) is 3.35. The topological polar surface area (TPSA) is 125 Å². The fraction of sp³-hybridized carbons (Fsp3) is 0.0833. The van der Waals surface area contributed by atoms with Crippen LogP contribution >= 0.6 is 11.3 Å². The average molecular weight is 496 g/mol. The Kier molecular flexibility index (Phi) is 6.64. The molecule has 3 aromatic carbocycles. The van der Waals surface area contributed by atoms with Crippen LogP contribution in [0.3, 0.4) is 0 Å². The molecule has 8 nitrogen and oxygen atoms in total. The molecule has 0 saturated heterocycles. The lowest BCUT2D eigenvalue weighted by molar-refractivity contribution is -0.115. The molecule has 0 aliphatic heterocycles. The summed E-state index contributed by atoms with van der Waals surface area (Å²) in [5, 5.41) is 12.4. The quantitative estimate of drug-likeness (QED) is 0.225. The van der Waals surface area contributed by atoms with Gasteiger partial charge in [-0.1, -0.05) is 42.0 Å². The number of carbonyl (C=O) groups is 2. The first kappa shape index (κ1) is 23.4. The lowest BCUT2D eigenvalue weighted by Gasteiger charge is -2.13.